The minimum absolute atomic E-state index is 0.286. The Balaban J connectivity index is 3.55. The van der Waals surface area contributed by atoms with E-state index in [9.17, 15) is 4.79 Å². The first kappa shape index (κ1) is 17.5. The highest BCUT2D eigenvalue weighted by Crippen LogP contribution is 2.39. The molecule has 0 saturated heterocycles. The number of nitrogens with zero attached hydrogens (tertiary/aromatic N) is 1. The number of rotatable bonds is 4. The van der Waals surface area contributed by atoms with E-state index < -0.39 is 6.09 Å². The minimum Gasteiger partial charge on any atom is -0.410 e. The molecular weight excluding hydrogens is 264 g/mol. The van der Waals surface area contributed by atoms with E-state index in [0.717, 1.165) is 15.6 Å². The summed E-state index contributed by atoms with van der Waals surface area (Å²) in [6.45, 7) is 8.48. The predicted octanol–water partition coefficient (Wildman–Crippen LogP) is 3.85. The Morgan fingerprint density at radius 3 is 1.76 bits per heavy atom. The first-order valence-corrected chi connectivity index (χ1v) is 7.47. The minimum atomic E-state index is -0.420. The van der Waals surface area contributed by atoms with Gasteiger partial charge in [0.15, 0.2) is 0 Å². The third-order valence-corrected chi connectivity index (χ3v) is 3.55. The molecule has 1 aromatic rings. The molecule has 0 aliphatic carbocycles. The number of hydrogen-bond acceptors (Lipinski definition) is 2. The molecule has 0 aromatic heterocycles. The molecule has 1 rings (SSSR count). The molecule has 0 fully saturated rings. The lowest BCUT2D eigenvalue weighted by Crippen LogP contribution is -2.35. The zero-order chi connectivity index (χ0) is 16.4. The van der Waals surface area contributed by atoms with Gasteiger partial charge in [-0.05, 0) is 11.8 Å². The maximum absolute atomic E-state index is 11.7. The molecule has 4 heteroatoms. The number of quaternary nitrogens is 1. The molecule has 1 aromatic carbocycles. The number of benzene rings is 1. The van der Waals surface area contributed by atoms with Crippen molar-refractivity contribution in [1.29, 1.82) is 0 Å². The molecule has 0 atom stereocenters. The van der Waals surface area contributed by atoms with Gasteiger partial charge >= 0.3 is 6.09 Å². The number of ether oxygens (including phenoxy) is 1. The van der Waals surface area contributed by atoms with E-state index in [1.165, 1.54) is 5.69 Å². The number of amides is 1. The average molecular weight is 293 g/mol. The van der Waals surface area contributed by atoms with Crippen LogP contribution in [0.25, 0.3) is 0 Å². The van der Waals surface area contributed by atoms with Crippen molar-refractivity contribution in [2.75, 3.05) is 28.2 Å². The van der Waals surface area contributed by atoms with Crippen molar-refractivity contribution in [1.82, 2.24) is 9.80 Å². The summed E-state index contributed by atoms with van der Waals surface area (Å²) in [5.74, 6) is 1.28. The maximum Gasteiger partial charge on any atom is 0.412 e. The third kappa shape index (κ3) is 4.21. The van der Waals surface area contributed by atoms with Gasteiger partial charge in [-0.3, -0.25) is 4.48 Å². The van der Waals surface area contributed by atoms with Crippen LogP contribution in [0.5, 0.6) is 5.75 Å². The summed E-state index contributed by atoms with van der Waals surface area (Å²) >= 11 is 0. The molecule has 0 unspecified atom stereocenters. The topological polar surface area (TPSA) is 38.3 Å². The molecule has 0 radical (unpaired) electrons. The normalized spacial score (nSPS) is 11.9. The Morgan fingerprint density at radius 1 is 1.05 bits per heavy atom. The molecular formula is C17H29N2O2+. The van der Waals surface area contributed by atoms with Crippen LogP contribution in [0.1, 0.15) is 50.7 Å². The smallest absolute Gasteiger partial charge is 0.410 e. The van der Waals surface area contributed by atoms with Gasteiger partial charge in [-0.2, -0.15) is 0 Å². The van der Waals surface area contributed by atoms with Gasteiger partial charge in [0.25, 0.3) is 0 Å². The number of carbonyl (C=O) groups is 1. The molecule has 0 heterocycles. The van der Waals surface area contributed by atoms with Gasteiger partial charge in [0.1, 0.15) is 11.4 Å². The van der Waals surface area contributed by atoms with Crippen molar-refractivity contribution < 1.29 is 9.53 Å². The van der Waals surface area contributed by atoms with E-state index >= 15 is 0 Å². The Kier molecular flexibility index (Phi) is 5.40. The van der Waals surface area contributed by atoms with Gasteiger partial charge in [-0.1, -0.05) is 27.7 Å². The van der Waals surface area contributed by atoms with E-state index in [-0.39, 0.29) is 11.8 Å². The molecule has 0 aliphatic rings. The molecule has 21 heavy (non-hydrogen) atoms. The second-order valence-electron chi connectivity index (χ2n) is 6.91. The molecule has 118 valence electrons. The predicted molar refractivity (Wildman–Crippen MR) is 89.3 cm³/mol. The van der Waals surface area contributed by atoms with Crippen LogP contribution in [0.4, 0.5) is 10.5 Å². The monoisotopic (exact) mass is 293 g/mol. The Morgan fingerprint density at radius 2 is 1.48 bits per heavy atom. The molecule has 4 nitrogen and oxygen atoms in total. The lowest BCUT2D eigenvalue weighted by Gasteiger charge is -2.27. The Bertz CT molecular complexity index is 485. The summed E-state index contributed by atoms with van der Waals surface area (Å²) in [5.41, 5.74) is 3.37. The first-order valence-electron chi connectivity index (χ1n) is 7.47. The Labute approximate surface area is 128 Å². The summed E-state index contributed by atoms with van der Waals surface area (Å²) in [5, 5.41) is 2.53. The second kappa shape index (κ2) is 6.48. The van der Waals surface area contributed by atoms with Gasteiger partial charge in [-0.25, -0.2) is 4.79 Å². The number of hydrogen-bond donors (Lipinski definition) is 1. The van der Waals surface area contributed by atoms with Crippen molar-refractivity contribution in [3.05, 3.63) is 23.3 Å². The van der Waals surface area contributed by atoms with Crippen LogP contribution in [0.15, 0.2) is 12.1 Å². The van der Waals surface area contributed by atoms with Crippen molar-refractivity contribution >= 4 is 11.8 Å². The summed E-state index contributed by atoms with van der Waals surface area (Å²) < 4.78 is 6.29. The van der Waals surface area contributed by atoms with E-state index in [1.807, 2.05) is 0 Å². The van der Waals surface area contributed by atoms with Crippen LogP contribution < -0.4 is 14.5 Å². The fourth-order valence-corrected chi connectivity index (χ4v) is 2.16. The highest BCUT2D eigenvalue weighted by molar-refractivity contribution is 5.72. The largest absolute Gasteiger partial charge is 0.412 e. The van der Waals surface area contributed by atoms with Crippen LogP contribution in [0.2, 0.25) is 0 Å². The van der Waals surface area contributed by atoms with Gasteiger partial charge in [0.2, 0.25) is 0 Å². The summed E-state index contributed by atoms with van der Waals surface area (Å²) in [4.78, 5) is 11.7. The van der Waals surface area contributed by atoms with Crippen molar-refractivity contribution in [2.45, 2.75) is 39.5 Å². The highest BCUT2D eigenvalue weighted by atomic mass is 16.6. The summed E-state index contributed by atoms with van der Waals surface area (Å²) in [6, 6.07) is 4.30. The van der Waals surface area contributed by atoms with E-state index in [4.69, 9.17) is 4.74 Å². The molecule has 1 amide bonds. The fourth-order valence-electron chi connectivity index (χ4n) is 2.16. The maximum atomic E-state index is 11.7. The lowest BCUT2D eigenvalue weighted by molar-refractivity contribution is 0.201. The van der Waals surface area contributed by atoms with Crippen LogP contribution in [-0.4, -0.2) is 34.3 Å². The van der Waals surface area contributed by atoms with Gasteiger partial charge in [0.05, 0.1) is 21.1 Å². The average Bonchev–Trinajstić information content (AvgIpc) is 2.36. The summed E-state index contributed by atoms with van der Waals surface area (Å²) in [6.07, 6.45) is -0.420. The van der Waals surface area contributed by atoms with Crippen LogP contribution >= 0.6 is 0 Å². The molecule has 0 bridgehead atoms. The standard InChI is InChI=1S/C17H28N2O2/c1-11(2)14-9-13(19(6,7)8)10-15(12(3)4)16(14)21-17(20)18-5/h9-12H,1-8H3/p+1. The fraction of sp³-hybridized carbons (Fsp3) is 0.588. The zero-order valence-corrected chi connectivity index (χ0v) is 14.6. The molecule has 0 spiro atoms. The zero-order valence-electron chi connectivity index (χ0n) is 14.6. The number of carbonyl (C=O) groups excluding carboxylic acids is 1. The summed E-state index contributed by atoms with van der Waals surface area (Å²) in [7, 11) is 8.00. The molecule has 0 aliphatic heterocycles. The van der Waals surface area contributed by atoms with E-state index in [0.29, 0.717) is 5.75 Å². The second-order valence-corrected chi connectivity index (χ2v) is 6.91. The number of nitrogens with one attached hydrogen (secondary N) is 1. The van der Waals surface area contributed by atoms with Crippen molar-refractivity contribution in [3.63, 3.8) is 0 Å². The van der Waals surface area contributed by atoms with E-state index in [1.54, 1.807) is 7.05 Å². The molecule has 1 N–H and O–H groups in total. The third-order valence-electron chi connectivity index (χ3n) is 3.55. The van der Waals surface area contributed by atoms with Crippen LogP contribution in [-0.2, 0) is 0 Å². The quantitative estimate of drug-likeness (QED) is 0.856. The van der Waals surface area contributed by atoms with E-state index in [2.05, 4.69) is 66.3 Å². The van der Waals surface area contributed by atoms with Crippen molar-refractivity contribution in [3.8, 4) is 5.75 Å². The lowest BCUT2D eigenvalue weighted by atomic mass is 9.92. The highest BCUT2D eigenvalue weighted by Gasteiger charge is 2.24. The Hall–Kier alpha value is -1.55. The van der Waals surface area contributed by atoms with Crippen molar-refractivity contribution in [2.24, 2.45) is 0 Å². The SMILES string of the molecule is CNC(=O)Oc1c(C(C)C)cc([N+](C)(C)C)cc1C(C)C. The molecule has 0 saturated carbocycles. The van der Waals surface area contributed by atoms with Crippen LogP contribution in [0.3, 0.4) is 0 Å². The first-order chi connectivity index (χ1) is 9.57. The van der Waals surface area contributed by atoms with Gasteiger partial charge < -0.3 is 10.1 Å². The van der Waals surface area contributed by atoms with Crippen LogP contribution in [0, 0.1) is 0 Å². The van der Waals surface area contributed by atoms with Gasteiger partial charge in [0, 0.05) is 30.3 Å². The van der Waals surface area contributed by atoms with Gasteiger partial charge in [-0.15, -0.1) is 0 Å².